The zero-order valence-electron chi connectivity index (χ0n) is 16.1. The monoisotopic (exact) mass is 412 g/mol. The third-order valence-electron chi connectivity index (χ3n) is 4.81. The number of hydrogen-bond donors (Lipinski definition) is 1. The van der Waals surface area contributed by atoms with E-state index >= 15 is 0 Å². The van der Waals surface area contributed by atoms with Crippen LogP contribution in [0.3, 0.4) is 0 Å². The number of benzene rings is 2. The maximum atomic E-state index is 12.9. The molecule has 1 N–H and O–H groups in total. The number of amides is 1. The van der Waals surface area contributed by atoms with Crippen LogP contribution in [0.1, 0.15) is 18.4 Å². The van der Waals surface area contributed by atoms with Gasteiger partial charge in [-0.1, -0.05) is 36.3 Å². The molecule has 1 aliphatic rings. The molecule has 152 valence electrons. The molecule has 0 radical (unpaired) electrons. The summed E-state index contributed by atoms with van der Waals surface area (Å²) in [5, 5.41) is 2.87. The lowest BCUT2D eigenvalue weighted by atomic mass is 10.1. The molecule has 1 aliphatic heterocycles. The predicted octanol–water partition coefficient (Wildman–Crippen LogP) is 2.21. The van der Waals surface area contributed by atoms with Gasteiger partial charge in [0.25, 0.3) is 0 Å². The Kier molecular flexibility index (Phi) is 6.91. The fourth-order valence-corrected chi connectivity index (χ4v) is 5.02. The Morgan fingerprint density at radius 2 is 1.90 bits per heavy atom. The lowest BCUT2D eigenvalue weighted by Crippen LogP contribution is -2.46. The number of nitrogens with one attached hydrogen (secondary N) is 1. The van der Waals surface area contributed by atoms with Gasteiger partial charge in [-0.25, -0.2) is 8.42 Å². The summed E-state index contributed by atoms with van der Waals surface area (Å²) in [5.41, 5.74) is 1.04. The second kappa shape index (κ2) is 9.59. The zero-order chi connectivity index (χ0) is 20.7. The van der Waals surface area contributed by atoms with Crippen LogP contribution >= 0.6 is 0 Å². The molecule has 1 fully saturated rings. The van der Waals surface area contributed by atoms with Crippen molar-refractivity contribution in [1.82, 2.24) is 9.62 Å². The number of carbonyl (C=O) groups excluding carboxylic acids is 1. The van der Waals surface area contributed by atoms with E-state index in [1.807, 2.05) is 24.3 Å². The van der Waals surface area contributed by atoms with Crippen LogP contribution in [0.5, 0.6) is 5.75 Å². The highest BCUT2D eigenvalue weighted by Crippen LogP contribution is 2.26. The molecule has 7 heteroatoms. The van der Waals surface area contributed by atoms with Crippen LogP contribution in [-0.2, 0) is 21.2 Å². The summed E-state index contributed by atoms with van der Waals surface area (Å²) in [7, 11) is -3.68. The van der Waals surface area contributed by atoms with Gasteiger partial charge in [-0.2, -0.15) is 4.31 Å². The van der Waals surface area contributed by atoms with Gasteiger partial charge < -0.3 is 10.1 Å². The maximum Gasteiger partial charge on any atom is 0.243 e. The number of terminal acetylenes is 1. The summed E-state index contributed by atoms with van der Waals surface area (Å²) in [6, 6.07) is 15.1. The number of sulfonamides is 1. The highest BCUT2D eigenvalue weighted by molar-refractivity contribution is 7.89. The molecule has 0 aromatic heterocycles. The summed E-state index contributed by atoms with van der Waals surface area (Å²) in [5.74, 6) is 2.86. The minimum absolute atomic E-state index is 0.215. The van der Waals surface area contributed by atoms with Gasteiger partial charge in [-0.15, -0.1) is 6.42 Å². The smallest absolute Gasteiger partial charge is 0.243 e. The minimum atomic E-state index is -3.68. The first-order valence-corrected chi connectivity index (χ1v) is 11.0. The SMILES string of the molecule is C#CCOc1ccc(CCNC(=O)C2CCCN2S(=O)(=O)c2ccccc2)cc1. The van der Waals surface area contributed by atoms with Gasteiger partial charge in [0.05, 0.1) is 4.90 Å². The van der Waals surface area contributed by atoms with E-state index in [-0.39, 0.29) is 17.4 Å². The molecule has 1 unspecified atom stereocenters. The number of carbonyl (C=O) groups is 1. The van der Waals surface area contributed by atoms with Crippen molar-refractivity contribution >= 4 is 15.9 Å². The third-order valence-corrected chi connectivity index (χ3v) is 6.74. The van der Waals surface area contributed by atoms with Gasteiger partial charge >= 0.3 is 0 Å². The van der Waals surface area contributed by atoms with Crippen molar-refractivity contribution in [2.24, 2.45) is 0 Å². The highest BCUT2D eigenvalue weighted by atomic mass is 32.2. The lowest BCUT2D eigenvalue weighted by molar-refractivity contribution is -0.124. The average Bonchev–Trinajstić information content (AvgIpc) is 3.25. The molecule has 3 rings (SSSR count). The molecule has 1 amide bonds. The summed E-state index contributed by atoms with van der Waals surface area (Å²) < 4.78 is 32.4. The second-order valence-corrected chi connectivity index (χ2v) is 8.66. The first-order chi connectivity index (χ1) is 14.0. The van der Waals surface area contributed by atoms with E-state index in [9.17, 15) is 13.2 Å². The molecule has 6 nitrogen and oxygen atoms in total. The third kappa shape index (κ3) is 5.17. The Balaban J connectivity index is 1.55. The van der Waals surface area contributed by atoms with Crippen LogP contribution in [0, 0.1) is 12.3 Å². The first kappa shape index (κ1) is 20.9. The molecule has 1 atom stereocenters. The fraction of sp³-hybridized carbons (Fsp3) is 0.318. The molecule has 2 aromatic rings. The van der Waals surface area contributed by atoms with Crippen molar-refractivity contribution in [1.29, 1.82) is 0 Å². The molecule has 1 saturated heterocycles. The van der Waals surface area contributed by atoms with E-state index in [4.69, 9.17) is 11.2 Å². The fourth-order valence-electron chi connectivity index (χ4n) is 3.34. The van der Waals surface area contributed by atoms with Crippen molar-refractivity contribution in [3.05, 3.63) is 60.2 Å². The molecular formula is C22H24N2O4S. The van der Waals surface area contributed by atoms with Gasteiger partial charge in [0.1, 0.15) is 18.4 Å². The molecule has 0 spiro atoms. The molecule has 0 aliphatic carbocycles. The number of rotatable bonds is 8. The average molecular weight is 413 g/mol. The van der Waals surface area contributed by atoms with E-state index < -0.39 is 16.1 Å². The van der Waals surface area contributed by atoms with Gasteiger partial charge in [0.2, 0.25) is 15.9 Å². The maximum absolute atomic E-state index is 12.9. The van der Waals surface area contributed by atoms with Crippen LogP contribution in [-0.4, -0.2) is 44.4 Å². The Morgan fingerprint density at radius 1 is 1.17 bits per heavy atom. The van der Waals surface area contributed by atoms with Crippen LogP contribution in [0.15, 0.2) is 59.5 Å². The number of ether oxygens (including phenoxy) is 1. The standard InChI is InChI=1S/C22H24N2O4S/c1-2-17-28-19-12-10-18(11-13-19)14-15-23-22(25)21-9-6-16-24(21)29(26,27)20-7-4-3-5-8-20/h1,3-5,7-8,10-13,21H,6,9,14-17H2,(H,23,25). The molecular weight excluding hydrogens is 388 g/mol. The van der Waals surface area contributed by atoms with Gasteiger partial charge in [0.15, 0.2) is 0 Å². The largest absolute Gasteiger partial charge is 0.481 e. The first-order valence-electron chi connectivity index (χ1n) is 9.52. The van der Waals surface area contributed by atoms with Gasteiger partial charge in [0, 0.05) is 13.1 Å². The second-order valence-electron chi connectivity index (χ2n) is 6.76. The number of hydrogen-bond acceptors (Lipinski definition) is 4. The molecule has 1 heterocycles. The summed E-state index contributed by atoms with van der Waals surface area (Å²) >= 11 is 0. The summed E-state index contributed by atoms with van der Waals surface area (Å²) in [4.78, 5) is 12.9. The molecule has 0 bridgehead atoms. The van der Waals surface area contributed by atoms with E-state index in [0.717, 1.165) is 5.56 Å². The topological polar surface area (TPSA) is 75.7 Å². The van der Waals surface area contributed by atoms with Crippen LogP contribution in [0.4, 0.5) is 0 Å². The normalized spacial score (nSPS) is 16.9. The van der Waals surface area contributed by atoms with Crippen molar-refractivity contribution in [3.63, 3.8) is 0 Å². The minimum Gasteiger partial charge on any atom is -0.481 e. The van der Waals surface area contributed by atoms with Gasteiger partial charge in [-0.3, -0.25) is 4.79 Å². The highest BCUT2D eigenvalue weighted by Gasteiger charge is 2.39. The molecule has 2 aromatic carbocycles. The Labute approximate surface area is 171 Å². The predicted molar refractivity (Wildman–Crippen MR) is 111 cm³/mol. The Bertz CT molecular complexity index is 966. The summed E-state index contributed by atoms with van der Waals surface area (Å²) in [6.07, 6.45) is 7.00. The van der Waals surface area contributed by atoms with Crippen molar-refractivity contribution in [3.8, 4) is 18.1 Å². The lowest BCUT2D eigenvalue weighted by Gasteiger charge is -2.23. The van der Waals surface area contributed by atoms with E-state index in [0.29, 0.717) is 38.1 Å². The van der Waals surface area contributed by atoms with Crippen molar-refractivity contribution < 1.29 is 17.9 Å². The zero-order valence-corrected chi connectivity index (χ0v) is 16.9. The van der Waals surface area contributed by atoms with Gasteiger partial charge in [-0.05, 0) is 49.1 Å². The Hall–Kier alpha value is -2.82. The van der Waals surface area contributed by atoms with Crippen LogP contribution in [0.2, 0.25) is 0 Å². The van der Waals surface area contributed by atoms with E-state index in [1.54, 1.807) is 30.3 Å². The van der Waals surface area contributed by atoms with Crippen LogP contribution in [0.25, 0.3) is 0 Å². The van der Waals surface area contributed by atoms with Crippen LogP contribution < -0.4 is 10.1 Å². The molecule has 29 heavy (non-hydrogen) atoms. The van der Waals surface area contributed by atoms with E-state index in [2.05, 4.69) is 11.2 Å². The van der Waals surface area contributed by atoms with Crippen molar-refractivity contribution in [2.45, 2.75) is 30.2 Å². The number of nitrogens with zero attached hydrogens (tertiary/aromatic N) is 1. The Morgan fingerprint density at radius 3 is 2.59 bits per heavy atom. The summed E-state index contributed by atoms with van der Waals surface area (Å²) in [6.45, 7) is 1.01. The molecule has 0 saturated carbocycles. The van der Waals surface area contributed by atoms with E-state index in [1.165, 1.54) is 4.31 Å². The quantitative estimate of drug-likeness (QED) is 0.675. The van der Waals surface area contributed by atoms with Crippen molar-refractivity contribution in [2.75, 3.05) is 19.7 Å².